The van der Waals surface area contributed by atoms with Crippen molar-refractivity contribution in [1.82, 2.24) is 0 Å². The lowest BCUT2D eigenvalue weighted by atomic mass is 10.00. The smallest absolute Gasteiger partial charge is 0.306 e. The number of unbranched alkanes of at least 4 members (excludes halogenated alkanes) is 22. The molecule has 0 aliphatic rings. The molecule has 50 heavy (non-hydrogen) atoms. The summed E-state index contributed by atoms with van der Waals surface area (Å²) in [5.41, 5.74) is 0. The van der Waals surface area contributed by atoms with Crippen LogP contribution in [0.4, 0.5) is 0 Å². The Bertz CT molecular complexity index is 766. The quantitative estimate of drug-likeness (QED) is 0.0361. The van der Waals surface area contributed by atoms with Crippen LogP contribution in [-0.4, -0.2) is 37.2 Å². The van der Waals surface area contributed by atoms with Gasteiger partial charge in [0.1, 0.15) is 13.2 Å². The third-order valence-corrected chi connectivity index (χ3v) is 10.1. The molecular weight excluding hydrogens is 624 g/mol. The molecule has 0 spiro atoms. The van der Waals surface area contributed by atoms with Gasteiger partial charge in [-0.25, -0.2) is 0 Å². The van der Waals surface area contributed by atoms with Gasteiger partial charge in [-0.1, -0.05) is 195 Å². The number of esters is 3. The molecule has 0 heterocycles. The molecule has 0 aliphatic carbocycles. The van der Waals surface area contributed by atoms with Crippen LogP contribution < -0.4 is 0 Å². The first kappa shape index (κ1) is 48.4. The number of carbonyl (C=O) groups excluding carboxylic acids is 3. The minimum absolute atomic E-state index is 0.0663. The second-order valence-corrected chi connectivity index (χ2v) is 15.7. The van der Waals surface area contributed by atoms with Crippen molar-refractivity contribution in [3.8, 4) is 0 Å². The molecule has 0 N–H and O–H groups in total. The molecule has 0 radical (unpaired) electrons. The second-order valence-electron chi connectivity index (χ2n) is 15.7. The first-order chi connectivity index (χ1) is 24.3. The SMILES string of the molecule is CCCCCCCCCC(=O)OC[C@@H](COC(=O)CCCCCCCCCCCCCCC(C)C)OC(=O)CCCCCCCCC(C)CC. The highest BCUT2D eigenvalue weighted by molar-refractivity contribution is 5.71. The largest absolute Gasteiger partial charge is 0.462 e. The zero-order valence-corrected chi connectivity index (χ0v) is 34.0. The summed E-state index contributed by atoms with van der Waals surface area (Å²) in [6.45, 7) is 11.3. The molecule has 0 rings (SSSR count). The van der Waals surface area contributed by atoms with E-state index in [2.05, 4.69) is 34.6 Å². The van der Waals surface area contributed by atoms with Gasteiger partial charge in [0, 0.05) is 19.3 Å². The van der Waals surface area contributed by atoms with Crippen LogP contribution in [0.5, 0.6) is 0 Å². The third kappa shape index (κ3) is 36.2. The van der Waals surface area contributed by atoms with Crippen LogP contribution in [0, 0.1) is 11.8 Å². The Labute approximate surface area is 310 Å². The van der Waals surface area contributed by atoms with Gasteiger partial charge in [-0.05, 0) is 31.1 Å². The fraction of sp³-hybridized carbons (Fsp3) is 0.932. The van der Waals surface area contributed by atoms with E-state index in [0.29, 0.717) is 19.3 Å². The second kappa shape index (κ2) is 37.2. The van der Waals surface area contributed by atoms with Crippen LogP contribution in [0.3, 0.4) is 0 Å². The molecule has 0 aromatic rings. The van der Waals surface area contributed by atoms with Gasteiger partial charge in [-0.2, -0.15) is 0 Å². The van der Waals surface area contributed by atoms with E-state index in [-0.39, 0.29) is 31.1 Å². The van der Waals surface area contributed by atoms with Crippen molar-refractivity contribution in [3.05, 3.63) is 0 Å². The summed E-state index contributed by atoms with van der Waals surface area (Å²) in [5, 5.41) is 0. The topological polar surface area (TPSA) is 78.9 Å². The van der Waals surface area contributed by atoms with E-state index in [0.717, 1.165) is 69.6 Å². The van der Waals surface area contributed by atoms with Crippen molar-refractivity contribution in [1.29, 1.82) is 0 Å². The lowest BCUT2D eigenvalue weighted by Crippen LogP contribution is -2.30. The van der Waals surface area contributed by atoms with Crippen molar-refractivity contribution in [2.45, 2.75) is 240 Å². The lowest BCUT2D eigenvalue weighted by Gasteiger charge is -2.18. The first-order valence-electron chi connectivity index (χ1n) is 21.8. The molecule has 0 aromatic heterocycles. The van der Waals surface area contributed by atoms with Crippen LogP contribution >= 0.6 is 0 Å². The van der Waals surface area contributed by atoms with Crippen molar-refractivity contribution < 1.29 is 28.6 Å². The van der Waals surface area contributed by atoms with Gasteiger partial charge in [0.2, 0.25) is 0 Å². The maximum absolute atomic E-state index is 12.6. The Morgan fingerprint density at radius 2 is 0.760 bits per heavy atom. The van der Waals surface area contributed by atoms with Gasteiger partial charge in [0.15, 0.2) is 6.10 Å². The Balaban J connectivity index is 4.27. The molecule has 296 valence electrons. The number of hydrogen-bond acceptors (Lipinski definition) is 6. The minimum Gasteiger partial charge on any atom is -0.462 e. The zero-order valence-electron chi connectivity index (χ0n) is 34.0. The molecule has 1 unspecified atom stereocenters. The average Bonchev–Trinajstić information content (AvgIpc) is 3.09. The standard InChI is InChI=1S/C44H84O6/c1-6-8-9-10-17-24-29-34-42(45)48-37-41(50-44(47)36-31-26-21-20-23-28-33-40(5)7-2)38-49-43(46)35-30-25-19-16-14-12-11-13-15-18-22-27-32-39(3)4/h39-41H,6-38H2,1-5H3/t40?,41-/m0/s1. The predicted octanol–water partition coefficient (Wildman–Crippen LogP) is 13.4. The normalized spacial score (nSPS) is 12.6. The molecule has 0 saturated heterocycles. The first-order valence-corrected chi connectivity index (χ1v) is 21.8. The Hall–Kier alpha value is -1.59. The van der Waals surface area contributed by atoms with Gasteiger partial charge in [-0.15, -0.1) is 0 Å². The molecule has 0 saturated carbocycles. The molecule has 2 atom stereocenters. The minimum atomic E-state index is -0.759. The molecule has 0 aliphatic heterocycles. The molecule has 6 nitrogen and oxygen atoms in total. The summed E-state index contributed by atoms with van der Waals surface area (Å²) in [6, 6.07) is 0. The van der Waals surface area contributed by atoms with E-state index < -0.39 is 6.10 Å². The summed E-state index contributed by atoms with van der Waals surface area (Å²) < 4.78 is 16.6. The summed E-state index contributed by atoms with van der Waals surface area (Å²) in [5.74, 6) is 0.774. The van der Waals surface area contributed by atoms with Crippen molar-refractivity contribution in [2.75, 3.05) is 13.2 Å². The maximum atomic E-state index is 12.6. The highest BCUT2D eigenvalue weighted by Crippen LogP contribution is 2.17. The van der Waals surface area contributed by atoms with Gasteiger partial charge in [0.05, 0.1) is 0 Å². The van der Waals surface area contributed by atoms with Crippen LogP contribution in [0.2, 0.25) is 0 Å². The Morgan fingerprint density at radius 1 is 0.420 bits per heavy atom. The van der Waals surface area contributed by atoms with Gasteiger partial charge in [-0.3, -0.25) is 14.4 Å². The van der Waals surface area contributed by atoms with E-state index in [9.17, 15) is 14.4 Å². The van der Waals surface area contributed by atoms with Gasteiger partial charge >= 0.3 is 17.9 Å². The van der Waals surface area contributed by atoms with E-state index in [4.69, 9.17) is 14.2 Å². The molecule has 0 fully saturated rings. The van der Waals surface area contributed by atoms with Crippen molar-refractivity contribution in [2.24, 2.45) is 11.8 Å². The molecule has 0 bridgehead atoms. The predicted molar refractivity (Wildman–Crippen MR) is 210 cm³/mol. The van der Waals surface area contributed by atoms with E-state index >= 15 is 0 Å². The Morgan fingerprint density at radius 3 is 1.14 bits per heavy atom. The molecule has 6 heteroatoms. The molecule has 0 amide bonds. The van der Waals surface area contributed by atoms with Gasteiger partial charge < -0.3 is 14.2 Å². The lowest BCUT2D eigenvalue weighted by molar-refractivity contribution is -0.167. The molecule has 0 aromatic carbocycles. The number of ether oxygens (including phenoxy) is 3. The summed E-state index contributed by atoms with van der Waals surface area (Å²) in [7, 11) is 0. The summed E-state index contributed by atoms with van der Waals surface area (Å²) in [4.78, 5) is 37.5. The third-order valence-electron chi connectivity index (χ3n) is 10.1. The van der Waals surface area contributed by atoms with Gasteiger partial charge in [0.25, 0.3) is 0 Å². The highest BCUT2D eigenvalue weighted by atomic mass is 16.6. The monoisotopic (exact) mass is 709 g/mol. The number of rotatable bonds is 38. The van der Waals surface area contributed by atoms with E-state index in [1.807, 2.05) is 0 Å². The number of carbonyl (C=O) groups is 3. The zero-order chi connectivity index (χ0) is 36.9. The fourth-order valence-electron chi connectivity index (χ4n) is 6.37. The van der Waals surface area contributed by atoms with E-state index in [1.165, 1.54) is 122 Å². The van der Waals surface area contributed by atoms with Crippen molar-refractivity contribution >= 4 is 17.9 Å². The summed E-state index contributed by atoms with van der Waals surface area (Å²) in [6.07, 6.45) is 33.9. The molecular formula is C44H84O6. The van der Waals surface area contributed by atoms with E-state index in [1.54, 1.807) is 0 Å². The highest BCUT2D eigenvalue weighted by Gasteiger charge is 2.19. The van der Waals surface area contributed by atoms with Crippen LogP contribution in [-0.2, 0) is 28.6 Å². The number of hydrogen-bond donors (Lipinski definition) is 0. The fourth-order valence-corrected chi connectivity index (χ4v) is 6.37. The average molecular weight is 709 g/mol. The maximum Gasteiger partial charge on any atom is 0.306 e. The van der Waals surface area contributed by atoms with Crippen LogP contribution in [0.15, 0.2) is 0 Å². The van der Waals surface area contributed by atoms with Crippen molar-refractivity contribution in [3.63, 3.8) is 0 Å². The van der Waals surface area contributed by atoms with Crippen LogP contribution in [0.25, 0.3) is 0 Å². The van der Waals surface area contributed by atoms with Crippen LogP contribution in [0.1, 0.15) is 234 Å². The summed E-state index contributed by atoms with van der Waals surface area (Å²) >= 11 is 0. The Kier molecular flexibility index (Phi) is 36.0.